The summed E-state index contributed by atoms with van der Waals surface area (Å²) in [5.41, 5.74) is 7.30. The van der Waals surface area contributed by atoms with E-state index in [9.17, 15) is 23.5 Å². The Hall–Kier alpha value is -3.22. The van der Waals surface area contributed by atoms with Crippen LogP contribution in [-0.4, -0.2) is 21.5 Å². The van der Waals surface area contributed by atoms with Gasteiger partial charge in [-0.2, -0.15) is 0 Å². The first kappa shape index (κ1) is 20.5. The van der Waals surface area contributed by atoms with Crippen LogP contribution in [-0.2, 0) is 4.79 Å². The predicted octanol–water partition coefficient (Wildman–Crippen LogP) is 4.38. The molecule has 0 radical (unpaired) electrons. The molecule has 0 aliphatic heterocycles. The summed E-state index contributed by atoms with van der Waals surface area (Å²) in [5, 5.41) is 10.7. The summed E-state index contributed by atoms with van der Waals surface area (Å²) in [5.74, 6) is -3.07. The number of hydrogen-bond donors (Lipinski definition) is 2. The molecule has 3 aromatic rings. The number of nitrogens with two attached hydrogens (primary N) is 1. The highest BCUT2D eigenvalue weighted by molar-refractivity contribution is 6.04. The fourth-order valence-electron chi connectivity index (χ4n) is 3.84. The van der Waals surface area contributed by atoms with Gasteiger partial charge in [-0.15, -0.1) is 0 Å². The van der Waals surface area contributed by atoms with Crippen molar-refractivity contribution in [2.75, 3.05) is 0 Å². The number of nitrogens with zero attached hydrogens (tertiary/aromatic N) is 1. The van der Waals surface area contributed by atoms with Crippen LogP contribution >= 0.6 is 0 Å². The van der Waals surface area contributed by atoms with Crippen LogP contribution in [0.25, 0.3) is 10.9 Å². The maximum atomic E-state index is 13.7. The van der Waals surface area contributed by atoms with Gasteiger partial charge in [-0.3, -0.25) is 14.2 Å². The Morgan fingerprint density at radius 3 is 2.48 bits per heavy atom. The van der Waals surface area contributed by atoms with Crippen molar-refractivity contribution in [1.82, 2.24) is 4.57 Å². The molecule has 3 rings (SSSR count). The van der Waals surface area contributed by atoms with Crippen molar-refractivity contribution in [3.8, 4) is 5.75 Å². The minimum absolute atomic E-state index is 0.00806. The van der Waals surface area contributed by atoms with E-state index in [0.29, 0.717) is 29.4 Å². The highest BCUT2D eigenvalue weighted by Crippen LogP contribution is 2.38. The minimum Gasteiger partial charge on any atom is -0.508 e. The zero-order valence-electron chi connectivity index (χ0n) is 16.2. The number of amides is 1. The molecule has 1 atom stereocenters. The van der Waals surface area contributed by atoms with Crippen LogP contribution in [0.4, 0.5) is 8.78 Å². The number of fused-ring (bicyclic) bond motifs is 1. The molecule has 152 valence electrons. The summed E-state index contributed by atoms with van der Waals surface area (Å²) in [4.78, 5) is 24.4. The van der Waals surface area contributed by atoms with E-state index < -0.39 is 23.4 Å². The second kappa shape index (κ2) is 8.03. The van der Waals surface area contributed by atoms with Gasteiger partial charge in [0.25, 0.3) is 5.91 Å². The average Bonchev–Trinajstić information content (AvgIpc) is 2.95. The van der Waals surface area contributed by atoms with Crippen molar-refractivity contribution in [1.29, 1.82) is 0 Å². The second-order valence-electron chi connectivity index (χ2n) is 7.08. The van der Waals surface area contributed by atoms with Gasteiger partial charge in [0.1, 0.15) is 5.75 Å². The summed E-state index contributed by atoms with van der Waals surface area (Å²) >= 11 is 0. The van der Waals surface area contributed by atoms with Gasteiger partial charge < -0.3 is 10.8 Å². The Bertz CT molecular complexity index is 1110. The third-order valence-corrected chi connectivity index (χ3v) is 5.25. The molecule has 0 bridgehead atoms. The molecule has 1 heterocycles. The lowest BCUT2D eigenvalue weighted by atomic mass is 9.89. The molecule has 0 saturated heterocycles. The van der Waals surface area contributed by atoms with E-state index in [1.165, 1.54) is 16.7 Å². The number of benzene rings is 2. The number of primary amides is 1. The number of phenols is 1. The van der Waals surface area contributed by atoms with E-state index in [1.54, 1.807) is 19.1 Å². The van der Waals surface area contributed by atoms with Crippen LogP contribution < -0.4 is 5.73 Å². The first-order valence-electron chi connectivity index (χ1n) is 9.36. The van der Waals surface area contributed by atoms with Crippen molar-refractivity contribution in [3.05, 3.63) is 64.9 Å². The number of halogens is 2. The van der Waals surface area contributed by atoms with Crippen LogP contribution in [0.15, 0.2) is 36.4 Å². The van der Waals surface area contributed by atoms with E-state index in [4.69, 9.17) is 5.73 Å². The summed E-state index contributed by atoms with van der Waals surface area (Å²) in [6, 6.07) is 7.66. The van der Waals surface area contributed by atoms with E-state index in [1.807, 2.05) is 6.92 Å². The van der Waals surface area contributed by atoms with Crippen LogP contribution in [0.3, 0.4) is 0 Å². The molecule has 29 heavy (non-hydrogen) atoms. The molecule has 0 saturated carbocycles. The predicted molar refractivity (Wildman–Crippen MR) is 106 cm³/mol. The maximum absolute atomic E-state index is 13.7. The molecule has 0 unspecified atom stereocenters. The van der Waals surface area contributed by atoms with Crippen molar-refractivity contribution in [2.45, 2.75) is 39.0 Å². The van der Waals surface area contributed by atoms with Gasteiger partial charge in [0.15, 0.2) is 11.6 Å². The number of aromatic hydroxyl groups is 1. The Kier molecular flexibility index (Phi) is 5.68. The second-order valence-corrected chi connectivity index (χ2v) is 7.08. The zero-order valence-corrected chi connectivity index (χ0v) is 16.2. The maximum Gasteiger partial charge on any atom is 0.262 e. The molecule has 0 aliphatic carbocycles. The number of aromatic nitrogens is 1. The van der Waals surface area contributed by atoms with Crippen LogP contribution in [0.1, 0.15) is 53.7 Å². The van der Waals surface area contributed by atoms with Gasteiger partial charge in [-0.05, 0) is 67.6 Å². The molecule has 0 aliphatic rings. The van der Waals surface area contributed by atoms with Gasteiger partial charge in [-0.1, -0.05) is 6.92 Å². The number of rotatable bonds is 6. The van der Waals surface area contributed by atoms with Crippen molar-refractivity contribution in [3.63, 3.8) is 0 Å². The van der Waals surface area contributed by atoms with Crippen molar-refractivity contribution < 1.29 is 23.5 Å². The first-order chi connectivity index (χ1) is 13.7. The van der Waals surface area contributed by atoms with Gasteiger partial charge in [-0.25, -0.2) is 8.78 Å². The average molecular weight is 400 g/mol. The molecule has 2 aromatic carbocycles. The topological polar surface area (TPSA) is 85.3 Å². The summed E-state index contributed by atoms with van der Waals surface area (Å²) in [7, 11) is 0. The Balaban J connectivity index is 2.20. The highest BCUT2D eigenvalue weighted by Gasteiger charge is 2.25. The van der Waals surface area contributed by atoms with Crippen LogP contribution in [0, 0.1) is 18.6 Å². The fraction of sp³-hybridized carbons (Fsp3) is 0.273. The first-order valence-corrected chi connectivity index (χ1v) is 9.36. The molecule has 5 nitrogen and oxygen atoms in total. The molecule has 7 heteroatoms. The van der Waals surface area contributed by atoms with Crippen LogP contribution in [0.5, 0.6) is 5.75 Å². The third-order valence-electron chi connectivity index (χ3n) is 5.25. The quantitative estimate of drug-likeness (QED) is 0.644. The van der Waals surface area contributed by atoms with E-state index in [0.717, 1.165) is 17.7 Å². The summed E-state index contributed by atoms with van der Waals surface area (Å²) in [6.07, 6.45) is 1.39. The number of phenolic OH excluding ortho intramolecular Hbond substituents is 1. The number of carbonyl (C=O) groups is 2. The lowest BCUT2D eigenvalue weighted by molar-refractivity contribution is -0.118. The number of hydrogen-bond acceptors (Lipinski definition) is 3. The molecule has 0 spiro atoms. The summed E-state index contributed by atoms with van der Waals surface area (Å²) < 4.78 is 28.4. The van der Waals surface area contributed by atoms with Gasteiger partial charge in [0.05, 0.1) is 5.52 Å². The monoisotopic (exact) mass is 400 g/mol. The number of carbonyl (C=O) groups excluding carboxylic acids is 2. The fourth-order valence-corrected chi connectivity index (χ4v) is 3.84. The SMILES string of the molecule is CC[C@@H](CCC(N)=O)c1c(C)n(C(=O)c2ccc(F)c(F)c2)c2ccc(O)cc12. The van der Waals surface area contributed by atoms with Gasteiger partial charge >= 0.3 is 0 Å². The highest BCUT2D eigenvalue weighted by atomic mass is 19.2. The Labute approximate surface area is 166 Å². The van der Waals surface area contributed by atoms with E-state index >= 15 is 0 Å². The van der Waals surface area contributed by atoms with E-state index in [-0.39, 0.29) is 23.7 Å². The smallest absolute Gasteiger partial charge is 0.262 e. The summed E-state index contributed by atoms with van der Waals surface area (Å²) in [6.45, 7) is 3.73. The minimum atomic E-state index is -1.10. The van der Waals surface area contributed by atoms with E-state index in [2.05, 4.69) is 0 Å². The standard InChI is InChI=1S/C22H22F2N2O3/c1-3-13(5-9-20(25)28)21-12(2)26(19-8-6-15(27)11-16(19)21)22(29)14-4-7-17(23)18(24)10-14/h4,6-8,10-11,13,27H,3,5,9H2,1-2H3,(H2,25,28)/t13-/m0/s1. The van der Waals surface area contributed by atoms with Crippen molar-refractivity contribution in [2.24, 2.45) is 5.73 Å². The molecule has 3 N–H and O–H groups in total. The van der Waals surface area contributed by atoms with Gasteiger partial charge in [0, 0.05) is 23.1 Å². The Morgan fingerprint density at radius 1 is 1.14 bits per heavy atom. The van der Waals surface area contributed by atoms with Gasteiger partial charge in [0.2, 0.25) is 5.91 Å². The van der Waals surface area contributed by atoms with Crippen LogP contribution in [0.2, 0.25) is 0 Å². The molecule has 1 aromatic heterocycles. The largest absolute Gasteiger partial charge is 0.508 e. The third kappa shape index (κ3) is 3.85. The lowest BCUT2D eigenvalue weighted by Crippen LogP contribution is -2.15. The normalized spacial score (nSPS) is 12.3. The Morgan fingerprint density at radius 2 is 1.86 bits per heavy atom. The zero-order chi connectivity index (χ0) is 21.3. The molecule has 0 fully saturated rings. The van der Waals surface area contributed by atoms with Crippen molar-refractivity contribution >= 4 is 22.7 Å². The molecular formula is C22H22F2N2O3. The molecular weight excluding hydrogens is 378 g/mol. The lowest BCUT2D eigenvalue weighted by Gasteiger charge is -2.16. The molecule has 1 amide bonds.